The summed E-state index contributed by atoms with van der Waals surface area (Å²) in [5, 5.41) is 9.07. The normalized spacial score (nSPS) is 10.7. The van der Waals surface area contributed by atoms with Crippen LogP contribution in [0.4, 0.5) is 8.78 Å². The number of aromatic nitrogens is 2. The summed E-state index contributed by atoms with van der Waals surface area (Å²) in [6.07, 6.45) is 0. The van der Waals surface area contributed by atoms with E-state index in [0.29, 0.717) is 17.0 Å². The molecule has 18 heavy (non-hydrogen) atoms. The van der Waals surface area contributed by atoms with E-state index in [2.05, 4.69) is 25.9 Å². The quantitative estimate of drug-likeness (QED) is 0.867. The molecule has 0 fully saturated rings. The third-order valence-corrected chi connectivity index (χ3v) is 3.12. The van der Waals surface area contributed by atoms with Gasteiger partial charge in [-0.2, -0.15) is 0 Å². The topological polar surface area (TPSA) is 46.0 Å². The number of aliphatic hydroxyl groups is 1. The molecular weight excluding hydrogens is 306 g/mol. The second-order valence-corrected chi connectivity index (χ2v) is 4.50. The van der Waals surface area contributed by atoms with Crippen LogP contribution in [-0.4, -0.2) is 15.1 Å². The summed E-state index contributed by atoms with van der Waals surface area (Å²) >= 11 is 2.98. The molecule has 2 aromatic rings. The van der Waals surface area contributed by atoms with Crippen LogP contribution in [0.25, 0.3) is 11.4 Å². The smallest absolute Gasteiger partial charge is 0.173 e. The molecule has 0 saturated carbocycles. The maximum absolute atomic E-state index is 13.4. The predicted octanol–water partition coefficient (Wildman–Crippen LogP) is 2.99. The van der Waals surface area contributed by atoms with E-state index in [-0.39, 0.29) is 16.9 Å². The summed E-state index contributed by atoms with van der Waals surface area (Å²) in [7, 11) is 0. The van der Waals surface area contributed by atoms with Crippen molar-refractivity contribution < 1.29 is 13.9 Å². The molecule has 0 bridgehead atoms. The average Bonchev–Trinajstić information content (AvgIpc) is 2.35. The van der Waals surface area contributed by atoms with Gasteiger partial charge in [0.25, 0.3) is 0 Å². The van der Waals surface area contributed by atoms with E-state index in [9.17, 15) is 8.78 Å². The zero-order valence-corrected chi connectivity index (χ0v) is 11.0. The van der Waals surface area contributed by atoms with Crippen molar-refractivity contribution in [2.45, 2.75) is 13.5 Å². The Morgan fingerprint density at radius 1 is 1.28 bits per heavy atom. The zero-order chi connectivity index (χ0) is 13.3. The minimum absolute atomic E-state index is 0.0306. The van der Waals surface area contributed by atoms with E-state index < -0.39 is 11.6 Å². The van der Waals surface area contributed by atoms with Crippen molar-refractivity contribution in [3.63, 3.8) is 0 Å². The van der Waals surface area contributed by atoms with Gasteiger partial charge in [-0.1, -0.05) is 0 Å². The second kappa shape index (κ2) is 5.07. The van der Waals surface area contributed by atoms with Gasteiger partial charge in [-0.3, -0.25) is 0 Å². The van der Waals surface area contributed by atoms with Crippen molar-refractivity contribution in [1.29, 1.82) is 0 Å². The van der Waals surface area contributed by atoms with E-state index in [0.717, 1.165) is 6.07 Å². The monoisotopic (exact) mass is 314 g/mol. The maximum atomic E-state index is 13.4. The molecule has 3 nitrogen and oxygen atoms in total. The van der Waals surface area contributed by atoms with Crippen LogP contribution in [0.3, 0.4) is 0 Å². The lowest BCUT2D eigenvalue weighted by atomic mass is 10.2. The first kappa shape index (κ1) is 13.0. The summed E-state index contributed by atoms with van der Waals surface area (Å²) in [6.45, 7) is 1.50. The fourth-order valence-electron chi connectivity index (χ4n) is 1.53. The molecule has 0 unspecified atom stereocenters. The highest BCUT2D eigenvalue weighted by Gasteiger charge is 2.15. The molecule has 0 atom stereocenters. The highest BCUT2D eigenvalue weighted by Crippen LogP contribution is 2.29. The molecule has 0 spiro atoms. The van der Waals surface area contributed by atoms with Crippen molar-refractivity contribution in [3.05, 3.63) is 45.7 Å². The number of halogens is 3. The highest BCUT2D eigenvalue weighted by molar-refractivity contribution is 9.10. The van der Waals surface area contributed by atoms with E-state index in [1.54, 1.807) is 13.0 Å². The molecule has 1 heterocycles. The number of aliphatic hydroxyl groups excluding tert-OH is 1. The van der Waals surface area contributed by atoms with Gasteiger partial charge in [0.05, 0.1) is 16.8 Å². The summed E-state index contributed by atoms with van der Waals surface area (Å²) in [5.74, 6) is -1.69. The Bertz CT molecular complexity index is 605. The number of nitrogens with zero attached hydrogens (tertiary/aromatic N) is 2. The molecule has 0 saturated heterocycles. The predicted molar refractivity (Wildman–Crippen MR) is 65.7 cm³/mol. The maximum Gasteiger partial charge on any atom is 0.173 e. The molecular formula is C12H9BrF2N2O. The van der Waals surface area contributed by atoms with E-state index in [4.69, 9.17) is 5.11 Å². The number of aryl methyl sites for hydroxylation is 1. The second-order valence-electron chi connectivity index (χ2n) is 3.71. The largest absolute Gasteiger partial charge is 0.390 e. The number of hydrogen-bond acceptors (Lipinski definition) is 3. The summed E-state index contributed by atoms with van der Waals surface area (Å²) in [4.78, 5) is 8.22. The molecule has 2 rings (SSSR count). The van der Waals surface area contributed by atoms with Gasteiger partial charge in [0.1, 0.15) is 0 Å². The van der Waals surface area contributed by atoms with Crippen LogP contribution >= 0.6 is 15.9 Å². The van der Waals surface area contributed by atoms with Gasteiger partial charge in [-0.25, -0.2) is 18.7 Å². The Balaban J connectivity index is 2.62. The highest BCUT2D eigenvalue weighted by atomic mass is 79.9. The van der Waals surface area contributed by atoms with Crippen molar-refractivity contribution in [3.8, 4) is 11.4 Å². The SMILES string of the molecule is Cc1cc(CO)nc(-c2ccc(F)c(F)c2Br)n1. The number of benzene rings is 1. The van der Waals surface area contributed by atoms with Crippen molar-refractivity contribution >= 4 is 15.9 Å². The van der Waals surface area contributed by atoms with Crippen molar-refractivity contribution in [1.82, 2.24) is 9.97 Å². The van der Waals surface area contributed by atoms with Gasteiger partial charge >= 0.3 is 0 Å². The Morgan fingerprint density at radius 2 is 2.00 bits per heavy atom. The van der Waals surface area contributed by atoms with E-state index >= 15 is 0 Å². The first-order valence-corrected chi connectivity index (χ1v) is 5.91. The van der Waals surface area contributed by atoms with Crippen LogP contribution in [0.1, 0.15) is 11.4 Å². The zero-order valence-electron chi connectivity index (χ0n) is 9.41. The third-order valence-electron chi connectivity index (χ3n) is 2.35. The number of rotatable bonds is 2. The molecule has 0 radical (unpaired) electrons. The fraction of sp³-hybridized carbons (Fsp3) is 0.167. The first-order valence-electron chi connectivity index (χ1n) is 5.12. The van der Waals surface area contributed by atoms with Crippen LogP contribution in [0.5, 0.6) is 0 Å². The third kappa shape index (κ3) is 2.39. The van der Waals surface area contributed by atoms with Gasteiger partial charge in [0.2, 0.25) is 0 Å². The van der Waals surface area contributed by atoms with Crippen LogP contribution < -0.4 is 0 Å². The Kier molecular flexibility index (Phi) is 3.68. The first-order chi connectivity index (χ1) is 8.52. The van der Waals surface area contributed by atoms with Crippen molar-refractivity contribution in [2.24, 2.45) is 0 Å². The standard InChI is InChI=1S/C12H9BrF2N2O/c1-6-4-7(5-18)17-12(16-6)8-2-3-9(14)11(15)10(8)13/h2-4,18H,5H2,1H3. The minimum atomic E-state index is -0.983. The molecule has 1 aromatic heterocycles. The fourth-order valence-corrected chi connectivity index (χ4v) is 2.03. The van der Waals surface area contributed by atoms with Gasteiger partial charge in [-0.05, 0) is 41.1 Å². The van der Waals surface area contributed by atoms with E-state index in [1.165, 1.54) is 6.07 Å². The van der Waals surface area contributed by atoms with Gasteiger partial charge < -0.3 is 5.11 Å². The molecule has 0 aliphatic rings. The summed E-state index contributed by atoms with van der Waals surface area (Å²) in [5.41, 5.74) is 1.40. The molecule has 6 heteroatoms. The summed E-state index contributed by atoms with van der Waals surface area (Å²) < 4.78 is 26.4. The lowest BCUT2D eigenvalue weighted by Gasteiger charge is -2.07. The van der Waals surface area contributed by atoms with Crippen LogP contribution in [0, 0.1) is 18.6 Å². The Labute approximate surface area is 111 Å². The lowest BCUT2D eigenvalue weighted by Crippen LogP contribution is -1.99. The lowest BCUT2D eigenvalue weighted by molar-refractivity contribution is 0.276. The van der Waals surface area contributed by atoms with Crippen LogP contribution in [0.15, 0.2) is 22.7 Å². The van der Waals surface area contributed by atoms with Gasteiger partial charge in [-0.15, -0.1) is 0 Å². The molecule has 0 aliphatic carbocycles. The van der Waals surface area contributed by atoms with E-state index in [1.807, 2.05) is 0 Å². The van der Waals surface area contributed by atoms with Gasteiger partial charge in [0.15, 0.2) is 17.5 Å². The van der Waals surface area contributed by atoms with Crippen LogP contribution in [0.2, 0.25) is 0 Å². The molecule has 0 amide bonds. The Hall–Kier alpha value is -1.40. The van der Waals surface area contributed by atoms with Crippen molar-refractivity contribution in [2.75, 3.05) is 0 Å². The molecule has 1 N–H and O–H groups in total. The van der Waals surface area contributed by atoms with Gasteiger partial charge in [0, 0.05) is 11.3 Å². The number of hydrogen-bond donors (Lipinski definition) is 1. The minimum Gasteiger partial charge on any atom is -0.390 e. The molecule has 94 valence electrons. The van der Waals surface area contributed by atoms with Crippen LogP contribution in [-0.2, 0) is 6.61 Å². The Morgan fingerprint density at radius 3 is 2.67 bits per heavy atom. The summed E-state index contributed by atoms with van der Waals surface area (Å²) in [6, 6.07) is 4.02. The molecule has 1 aromatic carbocycles. The molecule has 0 aliphatic heterocycles. The average molecular weight is 315 g/mol.